The second-order valence-electron chi connectivity index (χ2n) is 6.00. The Morgan fingerprint density at radius 1 is 1.26 bits per heavy atom. The van der Waals surface area contributed by atoms with Gasteiger partial charge in [0.05, 0.1) is 0 Å². The predicted molar refractivity (Wildman–Crippen MR) is 79.3 cm³/mol. The topological polar surface area (TPSA) is 77.1 Å². The van der Waals surface area contributed by atoms with E-state index in [9.17, 15) is 9.59 Å². The minimum atomic E-state index is -0.0772. The van der Waals surface area contributed by atoms with Gasteiger partial charge in [-0.05, 0) is 25.0 Å². The summed E-state index contributed by atoms with van der Waals surface area (Å²) in [5.41, 5.74) is 0. The van der Waals surface area contributed by atoms with Gasteiger partial charge in [0.2, 0.25) is 12.7 Å². The summed E-state index contributed by atoms with van der Waals surface area (Å²) in [6.45, 7) is 0.696. The molecule has 2 saturated heterocycles. The molecule has 0 radical (unpaired) electrons. The molecule has 0 aliphatic carbocycles. The average Bonchev–Trinajstić information content (AvgIpc) is 3.11. The van der Waals surface area contributed by atoms with Crippen LogP contribution in [-0.4, -0.2) is 48.7 Å². The number of ether oxygens (including phenoxy) is 3. The normalized spacial score (nSPS) is 25.0. The monoisotopic (exact) mass is 318 g/mol. The first-order valence-electron chi connectivity index (χ1n) is 7.81. The fourth-order valence-corrected chi connectivity index (χ4v) is 3.47. The molecule has 0 spiro atoms. The molecule has 1 aromatic rings. The summed E-state index contributed by atoms with van der Waals surface area (Å²) in [5, 5.41) is 2.86. The van der Waals surface area contributed by atoms with Gasteiger partial charge in [0.25, 0.3) is 5.91 Å². The van der Waals surface area contributed by atoms with E-state index in [1.165, 1.54) is 0 Å². The van der Waals surface area contributed by atoms with Crippen molar-refractivity contribution in [3.8, 4) is 17.2 Å². The quantitative estimate of drug-likeness (QED) is 0.886. The molecular formula is C16H18N2O5. The Morgan fingerprint density at radius 3 is 3.00 bits per heavy atom. The summed E-state index contributed by atoms with van der Waals surface area (Å²) in [7, 11) is 0. The van der Waals surface area contributed by atoms with Gasteiger partial charge in [-0.15, -0.1) is 0 Å². The van der Waals surface area contributed by atoms with E-state index in [2.05, 4.69) is 5.32 Å². The van der Waals surface area contributed by atoms with Crippen molar-refractivity contribution in [1.82, 2.24) is 10.2 Å². The SMILES string of the molecule is O=C1C[C@@H]2CC[C@H](CN1)N2C(=O)COc1ccc2c(c1)OCO2. The smallest absolute Gasteiger partial charge is 0.261 e. The summed E-state index contributed by atoms with van der Waals surface area (Å²) in [4.78, 5) is 26.0. The summed E-state index contributed by atoms with van der Waals surface area (Å²) >= 11 is 0. The zero-order valence-corrected chi connectivity index (χ0v) is 12.6. The Balaban J connectivity index is 1.41. The van der Waals surface area contributed by atoms with E-state index < -0.39 is 0 Å². The lowest BCUT2D eigenvalue weighted by atomic mass is 10.1. The molecule has 2 atom stereocenters. The van der Waals surface area contributed by atoms with Crippen LogP contribution in [0.4, 0.5) is 0 Å². The Labute approximate surface area is 133 Å². The zero-order valence-electron chi connectivity index (χ0n) is 12.6. The number of hydrogen-bond donors (Lipinski definition) is 1. The third-order valence-electron chi connectivity index (χ3n) is 4.57. The molecule has 7 nitrogen and oxygen atoms in total. The van der Waals surface area contributed by atoms with Crippen molar-refractivity contribution in [3.05, 3.63) is 18.2 Å². The van der Waals surface area contributed by atoms with Crippen LogP contribution in [0.15, 0.2) is 18.2 Å². The lowest BCUT2D eigenvalue weighted by Crippen LogP contribution is -2.44. The van der Waals surface area contributed by atoms with Crippen LogP contribution in [0.25, 0.3) is 0 Å². The number of fused-ring (bicyclic) bond motifs is 3. The molecule has 23 heavy (non-hydrogen) atoms. The molecule has 3 heterocycles. The maximum absolute atomic E-state index is 12.5. The Morgan fingerprint density at radius 2 is 2.09 bits per heavy atom. The van der Waals surface area contributed by atoms with Crippen molar-refractivity contribution in [1.29, 1.82) is 0 Å². The van der Waals surface area contributed by atoms with Crippen molar-refractivity contribution < 1.29 is 23.8 Å². The van der Waals surface area contributed by atoms with Gasteiger partial charge in [0.1, 0.15) is 5.75 Å². The highest BCUT2D eigenvalue weighted by atomic mass is 16.7. The second kappa shape index (κ2) is 5.64. The molecule has 7 heteroatoms. The van der Waals surface area contributed by atoms with Crippen LogP contribution in [0.5, 0.6) is 17.2 Å². The van der Waals surface area contributed by atoms with Gasteiger partial charge in [-0.2, -0.15) is 0 Å². The fraction of sp³-hybridized carbons (Fsp3) is 0.500. The zero-order chi connectivity index (χ0) is 15.8. The van der Waals surface area contributed by atoms with Crippen molar-refractivity contribution >= 4 is 11.8 Å². The number of carbonyl (C=O) groups excluding carboxylic acids is 2. The fourth-order valence-electron chi connectivity index (χ4n) is 3.47. The van der Waals surface area contributed by atoms with Crippen LogP contribution in [0.3, 0.4) is 0 Å². The van der Waals surface area contributed by atoms with Gasteiger partial charge in [0.15, 0.2) is 18.1 Å². The molecule has 1 N–H and O–H groups in total. The lowest BCUT2D eigenvalue weighted by Gasteiger charge is -2.27. The van der Waals surface area contributed by atoms with E-state index in [4.69, 9.17) is 14.2 Å². The minimum Gasteiger partial charge on any atom is -0.484 e. The highest BCUT2D eigenvalue weighted by Crippen LogP contribution is 2.35. The van der Waals surface area contributed by atoms with E-state index >= 15 is 0 Å². The Hall–Kier alpha value is -2.44. The van der Waals surface area contributed by atoms with Crippen molar-refractivity contribution in [2.24, 2.45) is 0 Å². The molecule has 1 aromatic carbocycles. The molecule has 0 unspecified atom stereocenters. The summed E-state index contributed by atoms with van der Waals surface area (Å²) in [5.74, 6) is 1.82. The van der Waals surface area contributed by atoms with Gasteiger partial charge < -0.3 is 24.4 Å². The number of hydrogen-bond acceptors (Lipinski definition) is 5. The number of amides is 2. The second-order valence-corrected chi connectivity index (χ2v) is 6.00. The third-order valence-corrected chi connectivity index (χ3v) is 4.57. The summed E-state index contributed by atoms with van der Waals surface area (Å²) in [6.07, 6.45) is 2.20. The molecule has 0 saturated carbocycles. The highest BCUT2D eigenvalue weighted by molar-refractivity contribution is 5.82. The van der Waals surface area contributed by atoms with Gasteiger partial charge in [-0.1, -0.05) is 0 Å². The van der Waals surface area contributed by atoms with Crippen molar-refractivity contribution in [3.63, 3.8) is 0 Å². The maximum atomic E-state index is 12.5. The highest BCUT2D eigenvalue weighted by Gasteiger charge is 2.40. The molecule has 3 aliphatic rings. The average molecular weight is 318 g/mol. The molecule has 2 bridgehead atoms. The Kier molecular flexibility index (Phi) is 3.48. The number of nitrogens with one attached hydrogen (secondary N) is 1. The predicted octanol–water partition coefficient (Wildman–Crippen LogP) is 0.674. The van der Waals surface area contributed by atoms with Crippen LogP contribution < -0.4 is 19.5 Å². The van der Waals surface area contributed by atoms with E-state index in [-0.39, 0.29) is 37.3 Å². The molecule has 2 amide bonds. The molecular weight excluding hydrogens is 300 g/mol. The van der Waals surface area contributed by atoms with Crippen molar-refractivity contribution in [2.75, 3.05) is 19.9 Å². The lowest BCUT2D eigenvalue weighted by molar-refractivity contribution is -0.136. The number of nitrogens with zero attached hydrogens (tertiary/aromatic N) is 1. The van der Waals surface area contributed by atoms with Crippen LogP contribution >= 0.6 is 0 Å². The largest absolute Gasteiger partial charge is 0.484 e. The van der Waals surface area contributed by atoms with E-state index in [1.54, 1.807) is 18.2 Å². The first kappa shape index (κ1) is 14.2. The first-order chi connectivity index (χ1) is 11.2. The maximum Gasteiger partial charge on any atom is 0.261 e. The van der Waals surface area contributed by atoms with Crippen LogP contribution in [0, 0.1) is 0 Å². The van der Waals surface area contributed by atoms with E-state index in [1.807, 2.05) is 4.90 Å². The number of carbonyl (C=O) groups is 2. The standard InChI is InChI=1S/C16H18N2O5/c19-15-5-10-1-2-11(7-17-15)18(10)16(20)8-21-12-3-4-13-14(6-12)23-9-22-13/h3-4,6,10-11H,1-2,5,7-9H2,(H,17,19)/t10-,11+/m0/s1. The Bertz CT molecular complexity index is 647. The third kappa shape index (κ3) is 2.67. The van der Waals surface area contributed by atoms with Crippen molar-refractivity contribution in [2.45, 2.75) is 31.3 Å². The van der Waals surface area contributed by atoms with Gasteiger partial charge in [-0.3, -0.25) is 9.59 Å². The van der Waals surface area contributed by atoms with Crippen LogP contribution in [-0.2, 0) is 9.59 Å². The van der Waals surface area contributed by atoms with Crippen LogP contribution in [0.2, 0.25) is 0 Å². The minimum absolute atomic E-state index is 0.00430. The van der Waals surface area contributed by atoms with Gasteiger partial charge in [0, 0.05) is 31.1 Å². The summed E-state index contributed by atoms with van der Waals surface area (Å²) < 4.78 is 16.1. The summed E-state index contributed by atoms with van der Waals surface area (Å²) in [6, 6.07) is 5.32. The molecule has 0 aromatic heterocycles. The van der Waals surface area contributed by atoms with Gasteiger partial charge >= 0.3 is 0 Å². The molecule has 122 valence electrons. The van der Waals surface area contributed by atoms with E-state index in [0.717, 1.165) is 12.8 Å². The van der Waals surface area contributed by atoms with E-state index in [0.29, 0.717) is 30.2 Å². The first-order valence-corrected chi connectivity index (χ1v) is 7.81. The number of rotatable bonds is 3. The molecule has 4 rings (SSSR count). The number of benzene rings is 1. The van der Waals surface area contributed by atoms with Crippen LogP contribution in [0.1, 0.15) is 19.3 Å². The molecule has 2 fully saturated rings. The molecule has 3 aliphatic heterocycles. The van der Waals surface area contributed by atoms with Gasteiger partial charge in [-0.25, -0.2) is 0 Å².